The van der Waals surface area contributed by atoms with E-state index in [0.717, 1.165) is 78.0 Å². The van der Waals surface area contributed by atoms with E-state index in [-0.39, 0.29) is 0 Å². The molecule has 0 radical (unpaired) electrons. The van der Waals surface area contributed by atoms with E-state index < -0.39 is 0 Å². The Bertz CT molecular complexity index is 3160. The Morgan fingerprint density at radius 1 is 0.321 bits per heavy atom. The second kappa shape index (κ2) is 13.0. The molecule has 7 aromatic carbocycles. The van der Waals surface area contributed by atoms with Gasteiger partial charge in [-0.05, 0) is 83.9 Å². The molecule has 5 heteroatoms. The first-order chi connectivity index (χ1) is 27.8. The summed E-state index contributed by atoms with van der Waals surface area (Å²) < 4.78 is 4.69. The number of rotatable bonds is 6. The van der Waals surface area contributed by atoms with Crippen molar-refractivity contribution in [2.24, 2.45) is 0 Å². The second-order valence-corrected chi connectivity index (χ2v) is 14.1. The first kappa shape index (κ1) is 31.9. The summed E-state index contributed by atoms with van der Waals surface area (Å²) in [5.41, 5.74) is 15.0. The number of fused-ring (bicyclic) bond motifs is 6. The van der Waals surface area contributed by atoms with Crippen LogP contribution < -0.4 is 0 Å². The molecule has 11 rings (SSSR count). The summed E-state index contributed by atoms with van der Waals surface area (Å²) >= 11 is 0. The van der Waals surface area contributed by atoms with E-state index in [1.807, 2.05) is 48.7 Å². The minimum absolute atomic E-state index is 0.710. The maximum Gasteiger partial charge on any atom is 0.160 e. The van der Waals surface area contributed by atoms with Crippen LogP contribution in [0.1, 0.15) is 0 Å². The van der Waals surface area contributed by atoms with Gasteiger partial charge in [0.15, 0.2) is 5.82 Å². The number of aromatic nitrogens is 5. The fraction of sp³-hybridized carbons (Fsp3) is 0. The SMILES string of the molecule is c1ccc(-c2cc(-c3ccc(-n4c5ccccc5c5cc(-c6ccc7c8ncccc8n(-c8ccccc8)c7c6)ccc54)cc3)nc(-c3ccccc3)n2)cc1. The highest BCUT2D eigenvalue weighted by Gasteiger charge is 2.17. The van der Waals surface area contributed by atoms with Gasteiger partial charge in [0, 0.05) is 50.4 Å². The topological polar surface area (TPSA) is 48.5 Å². The molecule has 0 aliphatic rings. The Morgan fingerprint density at radius 2 is 0.875 bits per heavy atom. The Hall–Kier alpha value is -7.63. The molecule has 0 saturated carbocycles. The smallest absolute Gasteiger partial charge is 0.160 e. The number of nitrogens with zero attached hydrogens (tertiary/aromatic N) is 5. The molecule has 0 aliphatic heterocycles. The molecule has 5 nitrogen and oxygen atoms in total. The molecule has 4 aromatic heterocycles. The van der Waals surface area contributed by atoms with Gasteiger partial charge in [0.05, 0.1) is 39.0 Å². The fourth-order valence-corrected chi connectivity index (χ4v) is 8.15. The van der Waals surface area contributed by atoms with Crippen LogP contribution in [0.4, 0.5) is 0 Å². The van der Waals surface area contributed by atoms with Gasteiger partial charge < -0.3 is 9.13 Å². The van der Waals surface area contributed by atoms with Gasteiger partial charge in [0.1, 0.15) is 0 Å². The predicted octanol–water partition coefficient (Wildman–Crippen LogP) is 12.7. The lowest BCUT2D eigenvalue weighted by atomic mass is 10.0. The highest BCUT2D eigenvalue weighted by atomic mass is 15.0. The average Bonchev–Trinajstić information content (AvgIpc) is 3.79. The van der Waals surface area contributed by atoms with E-state index in [9.17, 15) is 0 Å². The molecular formula is C51H33N5. The molecule has 0 spiro atoms. The van der Waals surface area contributed by atoms with Gasteiger partial charge >= 0.3 is 0 Å². The fourth-order valence-electron chi connectivity index (χ4n) is 8.15. The zero-order chi connectivity index (χ0) is 37.0. The highest BCUT2D eigenvalue weighted by Crippen LogP contribution is 2.38. The van der Waals surface area contributed by atoms with Gasteiger partial charge in [-0.25, -0.2) is 9.97 Å². The van der Waals surface area contributed by atoms with Gasteiger partial charge in [-0.1, -0.05) is 121 Å². The van der Waals surface area contributed by atoms with Crippen LogP contribution in [-0.4, -0.2) is 24.1 Å². The van der Waals surface area contributed by atoms with Gasteiger partial charge in [-0.2, -0.15) is 0 Å². The minimum Gasteiger partial charge on any atom is -0.309 e. The number of para-hydroxylation sites is 2. The first-order valence-corrected chi connectivity index (χ1v) is 18.9. The normalized spacial score (nSPS) is 11.6. The molecule has 11 aromatic rings. The van der Waals surface area contributed by atoms with Crippen LogP contribution in [0.25, 0.3) is 100 Å². The van der Waals surface area contributed by atoms with Crippen molar-refractivity contribution in [1.29, 1.82) is 0 Å². The molecule has 0 unspecified atom stereocenters. The summed E-state index contributed by atoms with van der Waals surface area (Å²) in [5, 5.41) is 3.57. The Kier molecular flexibility index (Phi) is 7.42. The van der Waals surface area contributed by atoms with Crippen molar-refractivity contribution in [3.05, 3.63) is 200 Å². The van der Waals surface area contributed by atoms with Gasteiger partial charge in [0.25, 0.3) is 0 Å². The van der Waals surface area contributed by atoms with Crippen LogP contribution in [0.5, 0.6) is 0 Å². The van der Waals surface area contributed by atoms with Crippen molar-refractivity contribution in [3.8, 4) is 56.4 Å². The zero-order valence-electron chi connectivity index (χ0n) is 30.3. The molecule has 0 bridgehead atoms. The number of benzene rings is 7. The number of hydrogen-bond acceptors (Lipinski definition) is 3. The Labute approximate surface area is 323 Å². The lowest BCUT2D eigenvalue weighted by Crippen LogP contribution is -1.97. The van der Waals surface area contributed by atoms with Crippen LogP contribution in [0.2, 0.25) is 0 Å². The van der Waals surface area contributed by atoms with Crippen LogP contribution in [0, 0.1) is 0 Å². The van der Waals surface area contributed by atoms with Crippen LogP contribution in [0.3, 0.4) is 0 Å². The van der Waals surface area contributed by atoms with Crippen LogP contribution in [-0.2, 0) is 0 Å². The zero-order valence-corrected chi connectivity index (χ0v) is 30.3. The van der Waals surface area contributed by atoms with Crippen molar-refractivity contribution in [1.82, 2.24) is 24.1 Å². The first-order valence-electron chi connectivity index (χ1n) is 18.9. The van der Waals surface area contributed by atoms with E-state index in [1.165, 1.54) is 16.3 Å². The maximum atomic E-state index is 5.06. The third kappa shape index (κ3) is 5.29. The quantitative estimate of drug-likeness (QED) is 0.172. The molecule has 262 valence electrons. The monoisotopic (exact) mass is 715 g/mol. The molecule has 4 heterocycles. The highest BCUT2D eigenvalue weighted by molar-refractivity contribution is 6.11. The van der Waals surface area contributed by atoms with Crippen molar-refractivity contribution in [3.63, 3.8) is 0 Å². The largest absolute Gasteiger partial charge is 0.309 e. The van der Waals surface area contributed by atoms with Gasteiger partial charge in [-0.15, -0.1) is 0 Å². The van der Waals surface area contributed by atoms with E-state index in [0.29, 0.717) is 5.82 Å². The molecular weight excluding hydrogens is 683 g/mol. The van der Waals surface area contributed by atoms with Crippen molar-refractivity contribution >= 4 is 43.7 Å². The van der Waals surface area contributed by atoms with Gasteiger partial charge in [-0.3, -0.25) is 4.98 Å². The molecule has 0 N–H and O–H groups in total. The molecule has 0 amide bonds. The Morgan fingerprint density at radius 3 is 1.64 bits per heavy atom. The lowest BCUT2D eigenvalue weighted by molar-refractivity contribution is 1.17. The predicted molar refractivity (Wildman–Crippen MR) is 230 cm³/mol. The molecule has 0 fully saturated rings. The third-order valence-electron chi connectivity index (χ3n) is 10.8. The lowest BCUT2D eigenvalue weighted by Gasteiger charge is -2.12. The molecule has 0 atom stereocenters. The molecule has 56 heavy (non-hydrogen) atoms. The van der Waals surface area contributed by atoms with Crippen molar-refractivity contribution in [2.45, 2.75) is 0 Å². The van der Waals surface area contributed by atoms with Gasteiger partial charge in [0.2, 0.25) is 0 Å². The van der Waals surface area contributed by atoms with E-state index in [2.05, 4.69) is 161 Å². The number of pyridine rings is 1. The molecule has 0 saturated heterocycles. The van der Waals surface area contributed by atoms with Crippen LogP contribution >= 0.6 is 0 Å². The molecule has 0 aliphatic carbocycles. The summed E-state index contributed by atoms with van der Waals surface area (Å²) in [5.74, 6) is 0.710. The summed E-state index contributed by atoms with van der Waals surface area (Å²) in [4.78, 5) is 14.8. The average molecular weight is 716 g/mol. The van der Waals surface area contributed by atoms with E-state index in [4.69, 9.17) is 15.0 Å². The summed E-state index contributed by atoms with van der Waals surface area (Å²) in [6.45, 7) is 0. The standard InChI is InChI=1S/C51H33N5/c1-4-13-34(14-5-1)44-33-45(54-51(53-44)36-15-6-2-7-16-36)35-22-26-40(27-23-35)55-46-20-11-10-19-41(46)43-31-37(25-29-47(43)55)38-24-28-42-49(32-38)56(39-17-8-3-9-18-39)48-21-12-30-52-50(42)48/h1-33H. The number of hydrogen-bond donors (Lipinski definition) is 0. The maximum absolute atomic E-state index is 5.06. The third-order valence-corrected chi connectivity index (χ3v) is 10.8. The minimum atomic E-state index is 0.710. The Balaban J connectivity index is 1.02. The second-order valence-electron chi connectivity index (χ2n) is 14.1. The van der Waals surface area contributed by atoms with E-state index in [1.54, 1.807) is 0 Å². The van der Waals surface area contributed by atoms with E-state index >= 15 is 0 Å². The summed E-state index contributed by atoms with van der Waals surface area (Å²) in [6.07, 6.45) is 1.88. The summed E-state index contributed by atoms with van der Waals surface area (Å²) in [7, 11) is 0. The van der Waals surface area contributed by atoms with Crippen molar-refractivity contribution < 1.29 is 0 Å². The van der Waals surface area contributed by atoms with Crippen LogP contribution in [0.15, 0.2) is 200 Å². The summed E-state index contributed by atoms with van der Waals surface area (Å²) in [6, 6.07) is 68.3. The van der Waals surface area contributed by atoms with Crippen molar-refractivity contribution in [2.75, 3.05) is 0 Å².